The van der Waals surface area contributed by atoms with Crippen LogP contribution in [0.5, 0.6) is 5.75 Å². The number of anilines is 1. The quantitative estimate of drug-likeness (QED) is 0.854. The van der Waals surface area contributed by atoms with Crippen molar-refractivity contribution in [2.24, 2.45) is 0 Å². The van der Waals surface area contributed by atoms with Crippen LogP contribution < -0.4 is 15.0 Å². The summed E-state index contributed by atoms with van der Waals surface area (Å²) in [7, 11) is 0. The molecule has 0 spiro atoms. The van der Waals surface area contributed by atoms with Gasteiger partial charge < -0.3 is 15.0 Å². The molecule has 1 N–H and O–H groups in total. The molecule has 0 radical (unpaired) electrons. The van der Waals surface area contributed by atoms with Crippen molar-refractivity contribution in [1.82, 2.24) is 5.32 Å². The van der Waals surface area contributed by atoms with E-state index in [0.29, 0.717) is 0 Å². The van der Waals surface area contributed by atoms with Gasteiger partial charge in [-0.25, -0.2) is 0 Å². The first-order valence-electron chi connectivity index (χ1n) is 7.04. The lowest BCUT2D eigenvalue weighted by Crippen LogP contribution is -2.38. The summed E-state index contributed by atoms with van der Waals surface area (Å²) in [5.41, 5.74) is 0.953. The molecule has 1 aliphatic heterocycles. The van der Waals surface area contributed by atoms with Crippen LogP contribution in [-0.2, 0) is 4.79 Å². The van der Waals surface area contributed by atoms with Gasteiger partial charge in [-0.15, -0.1) is 0 Å². The Morgan fingerprint density at radius 3 is 2.68 bits per heavy atom. The molecule has 1 fully saturated rings. The van der Waals surface area contributed by atoms with Gasteiger partial charge in [-0.2, -0.15) is 0 Å². The Hall–Kier alpha value is -1.55. The Balaban J connectivity index is 2.00. The summed E-state index contributed by atoms with van der Waals surface area (Å²) in [5.74, 6) is 1.03. The van der Waals surface area contributed by atoms with Crippen LogP contribution >= 0.6 is 0 Å². The van der Waals surface area contributed by atoms with Crippen LogP contribution in [0.25, 0.3) is 0 Å². The largest absolute Gasteiger partial charge is 0.494 e. The lowest BCUT2D eigenvalue weighted by molar-refractivity contribution is -0.118. The predicted molar refractivity (Wildman–Crippen MR) is 76.7 cm³/mol. The molecule has 0 aliphatic carbocycles. The molecule has 1 heterocycles. The molecule has 0 aromatic heterocycles. The molecule has 1 aromatic carbocycles. The molecule has 1 atom stereocenters. The normalized spacial score (nSPS) is 18.9. The molecule has 1 unspecified atom stereocenters. The van der Waals surface area contributed by atoms with Gasteiger partial charge in [-0.05, 0) is 43.7 Å². The van der Waals surface area contributed by atoms with E-state index >= 15 is 0 Å². The minimum Gasteiger partial charge on any atom is -0.494 e. The van der Waals surface area contributed by atoms with Crippen molar-refractivity contribution in [2.45, 2.75) is 32.7 Å². The van der Waals surface area contributed by atoms with Crippen molar-refractivity contribution in [3.63, 3.8) is 0 Å². The lowest BCUT2D eigenvalue weighted by atomic mass is 10.2. The average molecular weight is 262 g/mol. The van der Waals surface area contributed by atoms with E-state index in [9.17, 15) is 4.79 Å². The SMILES string of the molecule is CCCOc1ccc(N2CCC(NCC)C2=O)cc1. The third-order valence-corrected chi connectivity index (χ3v) is 3.28. The summed E-state index contributed by atoms with van der Waals surface area (Å²) in [6.45, 7) is 6.44. The van der Waals surface area contributed by atoms with Crippen LogP contribution in [0.1, 0.15) is 26.7 Å². The average Bonchev–Trinajstić information content (AvgIpc) is 2.79. The number of carbonyl (C=O) groups is 1. The van der Waals surface area contributed by atoms with Gasteiger partial charge in [-0.3, -0.25) is 4.79 Å². The molecule has 19 heavy (non-hydrogen) atoms. The fraction of sp³-hybridized carbons (Fsp3) is 0.533. The van der Waals surface area contributed by atoms with Crippen molar-refractivity contribution >= 4 is 11.6 Å². The maximum atomic E-state index is 12.2. The Morgan fingerprint density at radius 2 is 2.05 bits per heavy atom. The Kier molecular flexibility index (Phi) is 4.80. The summed E-state index contributed by atoms with van der Waals surface area (Å²) in [6, 6.07) is 7.74. The first-order chi connectivity index (χ1) is 9.26. The van der Waals surface area contributed by atoms with Gasteiger partial charge in [0.1, 0.15) is 5.75 Å². The number of nitrogens with zero attached hydrogens (tertiary/aromatic N) is 1. The van der Waals surface area contributed by atoms with E-state index < -0.39 is 0 Å². The van der Waals surface area contributed by atoms with Crippen LogP contribution in [0, 0.1) is 0 Å². The first-order valence-corrected chi connectivity index (χ1v) is 7.04. The highest BCUT2D eigenvalue weighted by atomic mass is 16.5. The van der Waals surface area contributed by atoms with E-state index in [1.54, 1.807) is 0 Å². The minimum atomic E-state index is -0.0268. The van der Waals surface area contributed by atoms with Crippen LogP contribution in [0.2, 0.25) is 0 Å². The number of rotatable bonds is 6. The van der Waals surface area contributed by atoms with Gasteiger partial charge >= 0.3 is 0 Å². The molecule has 0 bridgehead atoms. The minimum absolute atomic E-state index is 0.0268. The molecule has 1 saturated heterocycles. The number of likely N-dealkylation sites (N-methyl/N-ethyl adjacent to an activating group) is 1. The monoisotopic (exact) mass is 262 g/mol. The topological polar surface area (TPSA) is 41.6 Å². The summed E-state index contributed by atoms with van der Waals surface area (Å²) in [5, 5.41) is 3.22. The standard InChI is InChI=1S/C15H22N2O2/c1-3-11-19-13-7-5-12(6-8-13)17-10-9-14(15(17)18)16-4-2/h5-8,14,16H,3-4,9-11H2,1-2H3. The van der Waals surface area contributed by atoms with Gasteiger partial charge in [0.25, 0.3) is 0 Å². The molecular weight excluding hydrogens is 240 g/mol. The molecule has 2 rings (SSSR count). The number of amides is 1. The number of carbonyl (C=O) groups excluding carboxylic acids is 1. The molecule has 0 saturated carbocycles. The van der Waals surface area contributed by atoms with E-state index in [-0.39, 0.29) is 11.9 Å². The number of hydrogen-bond acceptors (Lipinski definition) is 3. The van der Waals surface area contributed by atoms with E-state index in [2.05, 4.69) is 12.2 Å². The molecule has 4 heteroatoms. The number of benzene rings is 1. The van der Waals surface area contributed by atoms with Crippen molar-refractivity contribution in [3.05, 3.63) is 24.3 Å². The van der Waals surface area contributed by atoms with E-state index in [0.717, 1.165) is 44.0 Å². The third kappa shape index (κ3) is 3.26. The van der Waals surface area contributed by atoms with Crippen LogP contribution in [0.15, 0.2) is 24.3 Å². The Labute approximate surface area is 114 Å². The molecule has 104 valence electrons. The van der Waals surface area contributed by atoms with Crippen molar-refractivity contribution in [2.75, 3.05) is 24.6 Å². The molecule has 1 amide bonds. The van der Waals surface area contributed by atoms with Crippen LogP contribution in [-0.4, -0.2) is 31.6 Å². The van der Waals surface area contributed by atoms with Gasteiger partial charge in [-0.1, -0.05) is 13.8 Å². The maximum Gasteiger partial charge on any atom is 0.244 e. The highest BCUT2D eigenvalue weighted by molar-refractivity contribution is 5.99. The molecule has 1 aromatic rings. The van der Waals surface area contributed by atoms with Gasteiger partial charge in [0, 0.05) is 12.2 Å². The van der Waals surface area contributed by atoms with E-state index in [4.69, 9.17) is 4.74 Å². The van der Waals surface area contributed by atoms with Crippen molar-refractivity contribution < 1.29 is 9.53 Å². The predicted octanol–water partition coefficient (Wildman–Crippen LogP) is 2.19. The fourth-order valence-electron chi connectivity index (χ4n) is 2.31. The fourth-order valence-corrected chi connectivity index (χ4v) is 2.31. The second-order valence-electron chi connectivity index (χ2n) is 4.73. The molecule has 1 aliphatic rings. The maximum absolute atomic E-state index is 12.2. The van der Waals surface area contributed by atoms with Crippen molar-refractivity contribution in [1.29, 1.82) is 0 Å². The zero-order valence-electron chi connectivity index (χ0n) is 11.7. The number of hydrogen-bond donors (Lipinski definition) is 1. The molecule has 4 nitrogen and oxygen atoms in total. The van der Waals surface area contributed by atoms with E-state index in [1.165, 1.54) is 0 Å². The van der Waals surface area contributed by atoms with Gasteiger partial charge in [0.15, 0.2) is 0 Å². The van der Waals surface area contributed by atoms with Crippen LogP contribution in [0.3, 0.4) is 0 Å². The highest BCUT2D eigenvalue weighted by Gasteiger charge is 2.31. The zero-order chi connectivity index (χ0) is 13.7. The summed E-state index contributed by atoms with van der Waals surface area (Å²) >= 11 is 0. The number of nitrogens with one attached hydrogen (secondary N) is 1. The first kappa shape index (κ1) is 13.9. The Morgan fingerprint density at radius 1 is 1.32 bits per heavy atom. The number of ether oxygens (including phenoxy) is 1. The smallest absolute Gasteiger partial charge is 0.244 e. The highest BCUT2D eigenvalue weighted by Crippen LogP contribution is 2.24. The second kappa shape index (κ2) is 6.57. The summed E-state index contributed by atoms with van der Waals surface area (Å²) in [6.07, 6.45) is 1.87. The van der Waals surface area contributed by atoms with Crippen LogP contribution in [0.4, 0.5) is 5.69 Å². The van der Waals surface area contributed by atoms with Gasteiger partial charge in [0.2, 0.25) is 5.91 Å². The van der Waals surface area contributed by atoms with Gasteiger partial charge in [0.05, 0.1) is 12.6 Å². The van der Waals surface area contributed by atoms with E-state index in [1.807, 2.05) is 36.1 Å². The molecular formula is C15H22N2O2. The summed E-state index contributed by atoms with van der Waals surface area (Å²) < 4.78 is 5.54. The Bertz CT molecular complexity index is 417. The third-order valence-electron chi connectivity index (χ3n) is 3.28. The summed E-state index contributed by atoms with van der Waals surface area (Å²) in [4.78, 5) is 14.0. The zero-order valence-corrected chi connectivity index (χ0v) is 11.7. The van der Waals surface area contributed by atoms with Crippen molar-refractivity contribution in [3.8, 4) is 5.75 Å². The second-order valence-corrected chi connectivity index (χ2v) is 4.73. The lowest BCUT2D eigenvalue weighted by Gasteiger charge is -2.17.